The quantitative estimate of drug-likeness (QED) is 0.372. The van der Waals surface area contributed by atoms with E-state index in [2.05, 4.69) is 27.8 Å². The molecule has 1 N–H and O–H groups in total. The third kappa shape index (κ3) is 5.83. The lowest BCUT2D eigenvalue weighted by molar-refractivity contribution is -0.131. The van der Waals surface area contributed by atoms with Crippen LogP contribution in [0.25, 0.3) is 16.5 Å². The molecule has 0 unspecified atom stereocenters. The molecule has 0 saturated carbocycles. The molecule has 0 bridgehead atoms. The SMILES string of the molecule is CN(C)C(=O)c1cc2cc(C3=CCCN(C(=O)CCn4ccnn4)C3)cc(NCc3ccc(C#N)cc3)c2o1. The van der Waals surface area contributed by atoms with Crippen molar-refractivity contribution in [3.05, 3.63) is 83.4 Å². The number of furan rings is 1. The van der Waals surface area contributed by atoms with E-state index in [0.29, 0.717) is 43.7 Å². The van der Waals surface area contributed by atoms with E-state index in [0.717, 1.165) is 34.2 Å². The number of nitriles is 1. The average Bonchev–Trinajstić information content (AvgIpc) is 3.64. The number of hydrogen-bond donors (Lipinski definition) is 1. The van der Waals surface area contributed by atoms with E-state index in [9.17, 15) is 9.59 Å². The lowest BCUT2D eigenvalue weighted by Crippen LogP contribution is -2.36. The van der Waals surface area contributed by atoms with E-state index in [1.807, 2.05) is 29.2 Å². The summed E-state index contributed by atoms with van der Waals surface area (Å²) >= 11 is 0. The zero-order valence-corrected chi connectivity index (χ0v) is 21.9. The number of aryl methyl sites for hydroxylation is 1. The van der Waals surface area contributed by atoms with Gasteiger partial charge in [-0.25, -0.2) is 0 Å². The van der Waals surface area contributed by atoms with E-state index >= 15 is 0 Å². The van der Waals surface area contributed by atoms with Gasteiger partial charge in [-0.2, -0.15) is 5.26 Å². The third-order valence-electron chi connectivity index (χ3n) is 6.70. The van der Waals surface area contributed by atoms with Crippen molar-refractivity contribution in [2.45, 2.75) is 25.9 Å². The minimum atomic E-state index is -0.216. The van der Waals surface area contributed by atoms with E-state index in [1.165, 1.54) is 4.90 Å². The number of carbonyl (C=O) groups is 2. The topological polar surface area (TPSA) is 120 Å². The number of nitrogens with zero attached hydrogens (tertiary/aromatic N) is 6. The minimum absolute atomic E-state index is 0.0681. The minimum Gasteiger partial charge on any atom is -0.449 e. The molecule has 0 spiro atoms. The van der Waals surface area contributed by atoms with Gasteiger partial charge in [-0.15, -0.1) is 5.10 Å². The summed E-state index contributed by atoms with van der Waals surface area (Å²) in [6, 6.07) is 15.3. The maximum atomic E-state index is 12.9. The van der Waals surface area contributed by atoms with Crippen molar-refractivity contribution in [2.75, 3.05) is 32.5 Å². The molecule has 39 heavy (non-hydrogen) atoms. The Balaban J connectivity index is 1.40. The van der Waals surface area contributed by atoms with Crippen LogP contribution in [-0.2, 0) is 17.9 Å². The summed E-state index contributed by atoms with van der Waals surface area (Å²) in [7, 11) is 3.37. The molecule has 2 aromatic heterocycles. The molecule has 1 aliphatic heterocycles. The predicted molar refractivity (Wildman–Crippen MR) is 147 cm³/mol. The Morgan fingerprint density at radius 1 is 1.18 bits per heavy atom. The van der Waals surface area contributed by atoms with Gasteiger partial charge in [0.05, 0.1) is 30.1 Å². The first kappa shape index (κ1) is 25.7. The molecular weight excluding hydrogens is 494 g/mol. The first-order valence-electron chi connectivity index (χ1n) is 12.7. The Morgan fingerprint density at radius 3 is 2.72 bits per heavy atom. The van der Waals surface area contributed by atoms with Crippen LogP contribution in [0.3, 0.4) is 0 Å². The van der Waals surface area contributed by atoms with E-state index in [1.54, 1.807) is 49.4 Å². The van der Waals surface area contributed by atoms with Gasteiger partial charge in [0.1, 0.15) is 0 Å². The Kier molecular flexibility index (Phi) is 7.41. The molecule has 2 aromatic carbocycles. The average molecular weight is 524 g/mol. The Labute approximate surface area is 226 Å². The molecule has 0 radical (unpaired) electrons. The fraction of sp³-hybridized carbons (Fsp3) is 0.276. The van der Waals surface area contributed by atoms with Gasteiger partial charge < -0.3 is 19.5 Å². The molecule has 10 nitrogen and oxygen atoms in total. The van der Waals surface area contributed by atoms with Gasteiger partial charge in [0.2, 0.25) is 5.91 Å². The number of rotatable bonds is 8. The van der Waals surface area contributed by atoms with Gasteiger partial charge in [0, 0.05) is 51.7 Å². The van der Waals surface area contributed by atoms with Crippen molar-refractivity contribution < 1.29 is 14.0 Å². The molecular formula is C29H29N7O3. The third-order valence-corrected chi connectivity index (χ3v) is 6.70. The summed E-state index contributed by atoms with van der Waals surface area (Å²) < 4.78 is 7.68. The number of hydrogen-bond acceptors (Lipinski definition) is 7. The van der Waals surface area contributed by atoms with Gasteiger partial charge >= 0.3 is 0 Å². The summed E-state index contributed by atoms with van der Waals surface area (Å²) in [6.45, 7) is 2.16. The highest BCUT2D eigenvalue weighted by Crippen LogP contribution is 2.33. The molecule has 3 heterocycles. The van der Waals surface area contributed by atoms with Crippen molar-refractivity contribution in [2.24, 2.45) is 0 Å². The van der Waals surface area contributed by atoms with Crippen LogP contribution >= 0.6 is 0 Å². The second-order valence-electron chi connectivity index (χ2n) is 9.66. The summed E-state index contributed by atoms with van der Waals surface area (Å²) in [5.74, 6) is 0.112. The largest absolute Gasteiger partial charge is 0.449 e. The molecule has 4 aromatic rings. The summed E-state index contributed by atoms with van der Waals surface area (Å²) in [4.78, 5) is 28.9. The summed E-state index contributed by atoms with van der Waals surface area (Å²) in [6.07, 6.45) is 6.62. The lowest BCUT2D eigenvalue weighted by atomic mass is 9.98. The second kappa shape index (κ2) is 11.2. The van der Waals surface area contributed by atoms with Crippen molar-refractivity contribution >= 4 is 34.0 Å². The fourth-order valence-electron chi connectivity index (χ4n) is 4.58. The predicted octanol–water partition coefficient (Wildman–Crippen LogP) is 3.92. The molecule has 198 valence electrons. The molecule has 1 aliphatic rings. The van der Waals surface area contributed by atoms with Gasteiger partial charge in [-0.05, 0) is 53.5 Å². The molecule has 0 saturated heterocycles. The zero-order valence-electron chi connectivity index (χ0n) is 21.9. The van der Waals surface area contributed by atoms with E-state index < -0.39 is 0 Å². The number of anilines is 1. The standard InChI is InChI=1S/C29H29N7O3/c1-34(2)29(38)26-16-24-14-23(15-25(28(24)39-26)31-18-21-7-5-20(17-30)6-8-21)22-4-3-11-35(19-22)27(37)9-12-36-13-10-32-33-36/h4-8,10,13-16,31H,3,9,11-12,18-19H2,1-2H3. The number of benzene rings is 2. The van der Waals surface area contributed by atoms with E-state index in [-0.39, 0.29) is 17.6 Å². The molecule has 0 fully saturated rings. The highest BCUT2D eigenvalue weighted by Gasteiger charge is 2.22. The highest BCUT2D eigenvalue weighted by atomic mass is 16.3. The van der Waals surface area contributed by atoms with Crippen LogP contribution in [-0.4, -0.2) is 63.8 Å². The van der Waals surface area contributed by atoms with Crippen LogP contribution in [0.15, 0.2) is 65.4 Å². The Bertz CT molecular complexity index is 1560. The Morgan fingerprint density at radius 2 is 2.00 bits per heavy atom. The number of aromatic nitrogens is 3. The number of fused-ring (bicyclic) bond motifs is 1. The second-order valence-corrected chi connectivity index (χ2v) is 9.66. The maximum absolute atomic E-state index is 12.9. The van der Waals surface area contributed by atoms with Crippen molar-refractivity contribution in [3.63, 3.8) is 0 Å². The van der Waals surface area contributed by atoms with Crippen LogP contribution in [0.2, 0.25) is 0 Å². The van der Waals surface area contributed by atoms with Crippen LogP contribution in [0.5, 0.6) is 0 Å². The van der Waals surface area contributed by atoms with Crippen LogP contribution < -0.4 is 5.32 Å². The van der Waals surface area contributed by atoms with Crippen LogP contribution in [0.4, 0.5) is 5.69 Å². The van der Waals surface area contributed by atoms with Gasteiger partial charge in [0.15, 0.2) is 11.3 Å². The van der Waals surface area contributed by atoms with E-state index in [4.69, 9.17) is 9.68 Å². The molecule has 10 heteroatoms. The number of carbonyl (C=O) groups excluding carboxylic acids is 2. The van der Waals surface area contributed by atoms with Gasteiger partial charge in [-0.3, -0.25) is 14.3 Å². The van der Waals surface area contributed by atoms with Crippen LogP contribution in [0, 0.1) is 11.3 Å². The molecule has 0 aliphatic carbocycles. The van der Waals surface area contributed by atoms with Crippen LogP contribution in [0.1, 0.15) is 40.1 Å². The monoisotopic (exact) mass is 523 g/mol. The van der Waals surface area contributed by atoms with Gasteiger partial charge in [-0.1, -0.05) is 23.4 Å². The number of amides is 2. The zero-order chi connectivity index (χ0) is 27.4. The van der Waals surface area contributed by atoms with Crippen molar-refractivity contribution in [1.29, 1.82) is 5.26 Å². The normalized spacial score (nSPS) is 13.2. The summed E-state index contributed by atoms with van der Waals surface area (Å²) in [5, 5.41) is 21.1. The molecule has 2 amide bonds. The molecule has 5 rings (SSSR count). The maximum Gasteiger partial charge on any atom is 0.289 e. The lowest BCUT2D eigenvalue weighted by Gasteiger charge is -2.28. The van der Waals surface area contributed by atoms with Gasteiger partial charge in [0.25, 0.3) is 5.91 Å². The summed E-state index contributed by atoms with van der Waals surface area (Å²) in [5.41, 5.74) is 4.95. The first-order valence-corrected chi connectivity index (χ1v) is 12.7. The van der Waals surface area contributed by atoms with Crippen molar-refractivity contribution in [1.82, 2.24) is 24.8 Å². The highest BCUT2D eigenvalue weighted by molar-refractivity contribution is 6.00. The van der Waals surface area contributed by atoms with Crippen molar-refractivity contribution in [3.8, 4) is 6.07 Å². The first-order chi connectivity index (χ1) is 18.9. The number of nitrogens with one attached hydrogen (secondary N) is 1. The Hall–Kier alpha value is -4.91. The molecule has 0 atom stereocenters. The smallest absolute Gasteiger partial charge is 0.289 e. The fourth-order valence-corrected chi connectivity index (χ4v) is 4.58.